The molecule has 2 heteroatoms. The first-order valence-electron chi connectivity index (χ1n) is 7.22. The molecule has 0 aromatic carbocycles. The van der Waals surface area contributed by atoms with Crippen LogP contribution in [-0.4, -0.2) is 18.5 Å². The first-order valence-corrected chi connectivity index (χ1v) is 7.85. The summed E-state index contributed by atoms with van der Waals surface area (Å²) in [5, 5.41) is 0. The smallest absolute Gasteiger partial charge is 0.0549 e. The molecule has 0 radical (unpaired) electrons. The molecule has 17 heavy (non-hydrogen) atoms. The highest BCUT2D eigenvalue weighted by Gasteiger charge is 2.27. The van der Waals surface area contributed by atoms with E-state index in [1.165, 1.54) is 25.7 Å². The van der Waals surface area contributed by atoms with Gasteiger partial charge in [-0.25, -0.2) is 0 Å². The van der Waals surface area contributed by atoms with Crippen molar-refractivity contribution < 1.29 is 4.74 Å². The van der Waals surface area contributed by atoms with Crippen LogP contribution in [0.4, 0.5) is 0 Å². The average Bonchev–Trinajstić information content (AvgIpc) is 2.25. The van der Waals surface area contributed by atoms with E-state index in [0.29, 0.717) is 17.4 Å². The van der Waals surface area contributed by atoms with Crippen molar-refractivity contribution in [2.75, 3.05) is 12.4 Å². The number of rotatable bonds is 10. The monoisotopic (exact) mass is 260 g/mol. The molecule has 0 aromatic heterocycles. The fraction of sp³-hybridized carbons (Fsp3) is 1.00. The van der Waals surface area contributed by atoms with Crippen molar-refractivity contribution in [2.45, 2.75) is 72.8 Å². The maximum Gasteiger partial charge on any atom is 0.0549 e. The minimum atomic E-state index is 0.303. The molecule has 0 bridgehead atoms. The van der Waals surface area contributed by atoms with E-state index in [4.69, 9.17) is 4.74 Å². The van der Waals surface area contributed by atoms with E-state index in [9.17, 15) is 0 Å². The van der Waals surface area contributed by atoms with Crippen LogP contribution in [0.1, 0.15) is 66.7 Å². The Balaban J connectivity index is 4.22. The zero-order valence-corrected chi connectivity index (χ0v) is 13.4. The molecule has 0 heterocycles. The summed E-state index contributed by atoms with van der Waals surface area (Å²) in [6.45, 7) is 12.1. The summed E-state index contributed by atoms with van der Waals surface area (Å²) in [6.07, 6.45) is 6.45. The number of hydrogen-bond acceptors (Lipinski definition) is 2. The second kappa shape index (κ2) is 9.27. The minimum Gasteiger partial charge on any atom is -0.378 e. The van der Waals surface area contributed by atoms with Gasteiger partial charge in [0.25, 0.3) is 0 Å². The normalized spacial score (nSPS) is 14.3. The van der Waals surface area contributed by atoms with Crippen LogP contribution in [0.5, 0.6) is 0 Å². The van der Waals surface area contributed by atoms with Crippen LogP contribution in [0.2, 0.25) is 0 Å². The van der Waals surface area contributed by atoms with Gasteiger partial charge < -0.3 is 4.74 Å². The highest BCUT2D eigenvalue weighted by Crippen LogP contribution is 2.32. The summed E-state index contributed by atoms with van der Waals surface area (Å²) in [7, 11) is 0. The molecular weight excluding hydrogens is 228 g/mol. The van der Waals surface area contributed by atoms with E-state index in [-0.39, 0.29) is 0 Å². The van der Waals surface area contributed by atoms with Crippen molar-refractivity contribution in [1.29, 1.82) is 0 Å². The van der Waals surface area contributed by atoms with Crippen molar-refractivity contribution in [3.05, 3.63) is 0 Å². The predicted molar refractivity (Wildman–Crippen MR) is 81.0 cm³/mol. The van der Waals surface area contributed by atoms with Crippen molar-refractivity contribution in [2.24, 2.45) is 11.3 Å². The van der Waals surface area contributed by atoms with Gasteiger partial charge in [0.2, 0.25) is 0 Å². The van der Waals surface area contributed by atoms with E-state index in [0.717, 1.165) is 18.8 Å². The minimum absolute atomic E-state index is 0.303. The van der Waals surface area contributed by atoms with Crippen LogP contribution in [-0.2, 0) is 4.74 Å². The summed E-state index contributed by atoms with van der Waals surface area (Å²) in [6, 6.07) is 0. The van der Waals surface area contributed by atoms with E-state index in [1.54, 1.807) is 0 Å². The summed E-state index contributed by atoms with van der Waals surface area (Å²) in [4.78, 5) is 0. The van der Waals surface area contributed by atoms with Crippen molar-refractivity contribution >= 4 is 12.6 Å². The molecule has 0 N–H and O–H groups in total. The third kappa shape index (κ3) is 7.35. The maximum absolute atomic E-state index is 6.07. The molecule has 0 fully saturated rings. The number of hydrogen-bond donors (Lipinski definition) is 1. The first-order chi connectivity index (χ1) is 7.99. The highest BCUT2D eigenvalue weighted by atomic mass is 32.1. The largest absolute Gasteiger partial charge is 0.378 e. The van der Waals surface area contributed by atoms with Crippen molar-refractivity contribution in [3.63, 3.8) is 0 Å². The summed E-state index contributed by atoms with van der Waals surface area (Å²) in [5.41, 5.74) is 0.303. The Morgan fingerprint density at radius 2 is 1.59 bits per heavy atom. The van der Waals surface area contributed by atoms with Crippen molar-refractivity contribution in [1.82, 2.24) is 0 Å². The third-order valence-electron chi connectivity index (χ3n) is 3.37. The fourth-order valence-corrected chi connectivity index (χ4v) is 2.99. The van der Waals surface area contributed by atoms with Gasteiger partial charge in [-0.05, 0) is 37.9 Å². The standard InChI is InChI=1S/C15H32OS/c1-6-8-15(12-17,9-7-2)11-16-14(5)10-13(3)4/h13-14,17H,6-12H2,1-5H3. The molecule has 1 unspecified atom stereocenters. The molecule has 0 aliphatic carbocycles. The fourth-order valence-electron chi connectivity index (χ4n) is 2.58. The molecule has 0 aliphatic heterocycles. The molecule has 104 valence electrons. The van der Waals surface area contributed by atoms with Gasteiger partial charge in [-0.2, -0.15) is 12.6 Å². The maximum atomic E-state index is 6.07. The number of thiol groups is 1. The highest BCUT2D eigenvalue weighted by molar-refractivity contribution is 7.80. The Labute approximate surface area is 114 Å². The first kappa shape index (κ1) is 17.3. The van der Waals surface area contributed by atoms with Crippen LogP contribution in [0.3, 0.4) is 0 Å². The van der Waals surface area contributed by atoms with Gasteiger partial charge >= 0.3 is 0 Å². The summed E-state index contributed by atoms with van der Waals surface area (Å²) in [5.74, 6) is 1.66. The zero-order chi connectivity index (χ0) is 13.3. The number of ether oxygens (including phenoxy) is 1. The van der Waals surface area contributed by atoms with E-state index in [1.807, 2.05) is 0 Å². The molecule has 0 saturated carbocycles. The van der Waals surface area contributed by atoms with Gasteiger partial charge in [-0.1, -0.05) is 40.5 Å². The lowest BCUT2D eigenvalue weighted by molar-refractivity contribution is -0.00838. The summed E-state index contributed by atoms with van der Waals surface area (Å²) < 4.78 is 6.07. The molecule has 0 spiro atoms. The third-order valence-corrected chi connectivity index (χ3v) is 4.04. The van der Waals surface area contributed by atoms with Gasteiger partial charge in [-0.3, -0.25) is 0 Å². The van der Waals surface area contributed by atoms with E-state index >= 15 is 0 Å². The van der Waals surface area contributed by atoms with Crippen LogP contribution < -0.4 is 0 Å². The lowest BCUT2D eigenvalue weighted by Gasteiger charge is -2.33. The Bertz CT molecular complexity index is 174. The Kier molecular flexibility index (Phi) is 9.44. The van der Waals surface area contributed by atoms with Crippen LogP contribution in [0, 0.1) is 11.3 Å². The Hall–Kier alpha value is 0.310. The molecule has 0 aromatic rings. The van der Waals surface area contributed by atoms with Crippen LogP contribution >= 0.6 is 12.6 Å². The van der Waals surface area contributed by atoms with Gasteiger partial charge in [0.1, 0.15) is 0 Å². The summed E-state index contributed by atoms with van der Waals surface area (Å²) >= 11 is 4.56. The molecule has 0 rings (SSSR count). The molecule has 0 amide bonds. The SMILES string of the molecule is CCCC(CS)(CCC)COC(C)CC(C)C. The molecule has 1 atom stereocenters. The second-order valence-corrected chi connectivity index (χ2v) is 6.23. The Morgan fingerprint density at radius 3 is 1.94 bits per heavy atom. The lowest BCUT2D eigenvalue weighted by Crippen LogP contribution is -2.31. The predicted octanol–water partition coefficient (Wildman–Crippen LogP) is 4.95. The van der Waals surface area contributed by atoms with Crippen LogP contribution in [0.25, 0.3) is 0 Å². The lowest BCUT2D eigenvalue weighted by atomic mass is 9.82. The zero-order valence-electron chi connectivity index (χ0n) is 12.5. The molecule has 0 saturated heterocycles. The quantitative estimate of drug-likeness (QED) is 0.547. The molecule has 1 nitrogen and oxygen atoms in total. The van der Waals surface area contributed by atoms with Gasteiger partial charge in [0.05, 0.1) is 12.7 Å². The molecular formula is C15H32OS. The van der Waals surface area contributed by atoms with Crippen LogP contribution in [0.15, 0.2) is 0 Å². The topological polar surface area (TPSA) is 9.23 Å². The van der Waals surface area contributed by atoms with Gasteiger partial charge in [0, 0.05) is 5.41 Å². The Morgan fingerprint density at radius 1 is 1.06 bits per heavy atom. The van der Waals surface area contributed by atoms with Gasteiger partial charge in [0.15, 0.2) is 0 Å². The molecule has 0 aliphatic rings. The second-order valence-electron chi connectivity index (χ2n) is 5.91. The van der Waals surface area contributed by atoms with E-state index < -0.39 is 0 Å². The van der Waals surface area contributed by atoms with Gasteiger partial charge in [-0.15, -0.1) is 0 Å². The van der Waals surface area contributed by atoms with Crippen molar-refractivity contribution in [3.8, 4) is 0 Å². The van der Waals surface area contributed by atoms with E-state index in [2.05, 4.69) is 47.2 Å². The average molecular weight is 260 g/mol.